The van der Waals surface area contributed by atoms with Gasteiger partial charge in [-0.15, -0.1) is 0 Å². The Morgan fingerprint density at radius 1 is 1.64 bits per heavy atom. The summed E-state index contributed by atoms with van der Waals surface area (Å²) in [5.74, 6) is -2.27. The number of carbonyl (C=O) groups is 1. The molecule has 6 heteroatoms. The van der Waals surface area contributed by atoms with E-state index in [1.54, 1.807) is 0 Å². The van der Waals surface area contributed by atoms with E-state index in [1.807, 2.05) is 0 Å². The summed E-state index contributed by atoms with van der Waals surface area (Å²) in [6.45, 7) is 0.0612. The molecule has 0 spiro atoms. The minimum atomic E-state index is -4.09. The third-order valence-electron chi connectivity index (χ3n) is 1.17. The summed E-state index contributed by atoms with van der Waals surface area (Å²) in [4.78, 5) is 9.78. The number of hydrogen-bond donors (Lipinski definition) is 1. The second kappa shape index (κ2) is 2.71. The van der Waals surface area contributed by atoms with Crippen LogP contribution in [0.1, 0.15) is 0 Å². The molecule has 0 aromatic rings. The molecule has 0 atom stereocenters. The summed E-state index contributed by atoms with van der Waals surface area (Å²) in [6, 6.07) is 0. The molecular formula is C5H6F2O4. The van der Waals surface area contributed by atoms with Gasteiger partial charge in [0.1, 0.15) is 6.10 Å². The molecule has 1 N–H and O–H groups in total. The number of aliphatic carboxylic acids is 1. The number of carboxylic acid groups (broad SMARTS) is 1. The van der Waals surface area contributed by atoms with Crippen molar-refractivity contribution >= 4 is 5.97 Å². The van der Waals surface area contributed by atoms with Crippen molar-refractivity contribution in [1.82, 2.24) is 0 Å². The van der Waals surface area contributed by atoms with Crippen LogP contribution in [0.2, 0.25) is 0 Å². The van der Waals surface area contributed by atoms with Crippen molar-refractivity contribution < 1.29 is 28.2 Å². The zero-order valence-electron chi connectivity index (χ0n) is 5.42. The van der Waals surface area contributed by atoms with Gasteiger partial charge >= 0.3 is 12.1 Å². The van der Waals surface area contributed by atoms with Crippen LogP contribution in [0.4, 0.5) is 8.78 Å². The second-order valence-corrected chi connectivity index (χ2v) is 2.10. The van der Waals surface area contributed by atoms with Gasteiger partial charge in [-0.2, -0.15) is 8.78 Å². The monoisotopic (exact) mass is 168 g/mol. The van der Waals surface area contributed by atoms with Crippen LogP contribution >= 0.6 is 0 Å². The predicted octanol–water partition coefficient (Wildman–Crippen LogP) is 0.0792. The van der Waals surface area contributed by atoms with E-state index in [0.29, 0.717) is 0 Å². The van der Waals surface area contributed by atoms with Crippen LogP contribution in [0.5, 0.6) is 0 Å². The first-order chi connectivity index (χ1) is 5.02. The summed E-state index contributed by atoms with van der Waals surface area (Å²) in [5.41, 5.74) is 0. The van der Waals surface area contributed by atoms with Gasteiger partial charge in [0, 0.05) is 0 Å². The SMILES string of the molecule is O=C(O)C(F)(F)OC1COC1. The highest BCUT2D eigenvalue weighted by atomic mass is 19.3. The molecule has 0 aromatic carbocycles. The normalized spacial score (nSPS) is 19.5. The van der Waals surface area contributed by atoms with E-state index in [0.717, 1.165) is 0 Å². The molecule has 1 aliphatic rings. The molecule has 1 fully saturated rings. The lowest BCUT2D eigenvalue weighted by Gasteiger charge is -2.28. The van der Waals surface area contributed by atoms with Gasteiger partial charge in [-0.05, 0) is 0 Å². The van der Waals surface area contributed by atoms with E-state index >= 15 is 0 Å². The second-order valence-electron chi connectivity index (χ2n) is 2.10. The Balaban J connectivity index is 2.38. The van der Waals surface area contributed by atoms with Crippen molar-refractivity contribution in [3.63, 3.8) is 0 Å². The summed E-state index contributed by atoms with van der Waals surface area (Å²) >= 11 is 0. The van der Waals surface area contributed by atoms with Gasteiger partial charge in [-0.1, -0.05) is 0 Å². The molecule has 0 radical (unpaired) electrons. The molecule has 1 rings (SSSR count). The van der Waals surface area contributed by atoms with Gasteiger partial charge in [0.15, 0.2) is 0 Å². The number of carboxylic acids is 1. The van der Waals surface area contributed by atoms with Crippen LogP contribution in [0, 0.1) is 0 Å². The fourth-order valence-corrected chi connectivity index (χ4v) is 0.542. The fraction of sp³-hybridized carbons (Fsp3) is 0.800. The summed E-state index contributed by atoms with van der Waals surface area (Å²) < 4.78 is 32.7. The van der Waals surface area contributed by atoms with E-state index in [4.69, 9.17) is 5.11 Å². The molecule has 0 saturated carbocycles. The summed E-state index contributed by atoms with van der Waals surface area (Å²) in [5, 5.41) is 7.89. The van der Waals surface area contributed by atoms with Gasteiger partial charge in [-0.3, -0.25) is 0 Å². The lowest BCUT2D eigenvalue weighted by molar-refractivity contribution is -0.293. The van der Waals surface area contributed by atoms with Crippen molar-refractivity contribution in [1.29, 1.82) is 0 Å². The number of halogens is 2. The molecule has 1 aliphatic heterocycles. The van der Waals surface area contributed by atoms with E-state index in [-0.39, 0.29) is 13.2 Å². The highest BCUT2D eigenvalue weighted by Gasteiger charge is 2.44. The Morgan fingerprint density at radius 3 is 2.45 bits per heavy atom. The van der Waals surface area contributed by atoms with Crippen LogP contribution in [0.25, 0.3) is 0 Å². The van der Waals surface area contributed by atoms with Crippen molar-refractivity contribution in [2.75, 3.05) is 13.2 Å². The van der Waals surface area contributed by atoms with Crippen LogP contribution in [0.15, 0.2) is 0 Å². The third kappa shape index (κ3) is 1.84. The minimum absolute atomic E-state index is 0.0306. The Bertz CT molecular complexity index is 166. The minimum Gasteiger partial charge on any atom is -0.475 e. The van der Waals surface area contributed by atoms with E-state index < -0.39 is 18.2 Å². The first kappa shape index (κ1) is 8.35. The molecule has 0 aliphatic carbocycles. The Morgan fingerprint density at radius 2 is 2.18 bits per heavy atom. The summed E-state index contributed by atoms with van der Waals surface area (Å²) in [6.07, 6.45) is -4.88. The Hall–Kier alpha value is -0.750. The van der Waals surface area contributed by atoms with Crippen molar-refractivity contribution in [2.24, 2.45) is 0 Å². The molecule has 0 aromatic heterocycles. The molecule has 64 valence electrons. The number of hydrogen-bond acceptors (Lipinski definition) is 3. The quantitative estimate of drug-likeness (QED) is 0.648. The average Bonchev–Trinajstić information content (AvgIpc) is 1.79. The highest BCUT2D eigenvalue weighted by molar-refractivity contribution is 5.73. The zero-order chi connectivity index (χ0) is 8.48. The van der Waals surface area contributed by atoms with Crippen LogP contribution in [0.3, 0.4) is 0 Å². The van der Waals surface area contributed by atoms with Gasteiger partial charge in [0.25, 0.3) is 0 Å². The van der Waals surface area contributed by atoms with Gasteiger partial charge < -0.3 is 14.6 Å². The third-order valence-corrected chi connectivity index (χ3v) is 1.17. The van der Waals surface area contributed by atoms with Gasteiger partial charge in [0.05, 0.1) is 13.2 Å². The van der Waals surface area contributed by atoms with Crippen molar-refractivity contribution in [3.05, 3.63) is 0 Å². The molecule has 0 amide bonds. The van der Waals surface area contributed by atoms with Gasteiger partial charge in [-0.25, -0.2) is 4.79 Å². The van der Waals surface area contributed by atoms with Crippen LogP contribution < -0.4 is 0 Å². The topological polar surface area (TPSA) is 55.8 Å². The lowest BCUT2D eigenvalue weighted by atomic mass is 10.3. The van der Waals surface area contributed by atoms with Crippen LogP contribution in [-0.4, -0.2) is 36.5 Å². The lowest BCUT2D eigenvalue weighted by Crippen LogP contribution is -2.44. The molecular weight excluding hydrogens is 162 g/mol. The molecule has 0 unspecified atom stereocenters. The number of rotatable bonds is 3. The maximum absolute atomic E-state index is 12.1. The smallest absolute Gasteiger partial charge is 0.456 e. The standard InChI is InChI=1S/C5H6F2O4/c6-5(7,4(8)9)11-3-1-10-2-3/h3H,1-2H2,(H,8,9). The van der Waals surface area contributed by atoms with Crippen molar-refractivity contribution in [3.8, 4) is 0 Å². The predicted molar refractivity (Wildman–Crippen MR) is 28.3 cm³/mol. The molecule has 0 bridgehead atoms. The first-order valence-corrected chi connectivity index (χ1v) is 2.89. The Labute approximate surface area is 60.7 Å². The highest BCUT2D eigenvalue weighted by Crippen LogP contribution is 2.20. The molecule has 1 saturated heterocycles. The van der Waals surface area contributed by atoms with E-state index in [9.17, 15) is 13.6 Å². The summed E-state index contributed by atoms with van der Waals surface area (Å²) in [7, 11) is 0. The first-order valence-electron chi connectivity index (χ1n) is 2.89. The number of ether oxygens (including phenoxy) is 2. The van der Waals surface area contributed by atoms with E-state index in [1.165, 1.54) is 0 Å². The molecule has 1 heterocycles. The van der Waals surface area contributed by atoms with E-state index in [2.05, 4.69) is 9.47 Å². The Kier molecular flexibility index (Phi) is 2.05. The van der Waals surface area contributed by atoms with Crippen molar-refractivity contribution in [2.45, 2.75) is 12.2 Å². The molecule has 11 heavy (non-hydrogen) atoms. The van der Waals surface area contributed by atoms with Crippen LogP contribution in [-0.2, 0) is 14.3 Å². The zero-order valence-corrected chi connectivity index (χ0v) is 5.42. The average molecular weight is 168 g/mol. The van der Waals surface area contributed by atoms with Gasteiger partial charge in [0.2, 0.25) is 0 Å². The number of alkyl halides is 2. The molecule has 4 nitrogen and oxygen atoms in total. The maximum atomic E-state index is 12.1. The maximum Gasteiger partial charge on any atom is 0.456 e. The largest absolute Gasteiger partial charge is 0.475 e. The fourth-order valence-electron chi connectivity index (χ4n) is 0.542.